The van der Waals surface area contributed by atoms with Gasteiger partial charge in [0.05, 0.1) is 22.8 Å². The Morgan fingerprint density at radius 3 is 2.64 bits per heavy atom. The molecule has 1 aliphatic carbocycles. The average molecular weight is 494 g/mol. The lowest BCUT2D eigenvalue weighted by atomic mass is 9.86. The molecule has 0 bridgehead atoms. The molecule has 0 spiro atoms. The number of amides is 2. The van der Waals surface area contributed by atoms with Crippen LogP contribution in [0.4, 0.5) is 5.00 Å². The molecular formula is C22H31N5O4S2. The Hall–Kier alpha value is -2.40. The molecule has 2 aromatic rings. The lowest BCUT2D eigenvalue weighted by molar-refractivity contribution is -0.113. The minimum atomic E-state index is -0.655. The minimum absolute atomic E-state index is 0.0831. The highest BCUT2D eigenvalue weighted by Gasteiger charge is 2.26. The van der Waals surface area contributed by atoms with Gasteiger partial charge in [-0.3, -0.25) is 9.59 Å². The number of nitrogens with zero attached hydrogens (tertiary/aromatic N) is 3. The first-order chi connectivity index (χ1) is 15.8. The summed E-state index contributed by atoms with van der Waals surface area (Å²) in [6.45, 7) is 3.48. The number of hydrogen-bond donors (Lipinski definition) is 2. The van der Waals surface area contributed by atoms with Crippen molar-refractivity contribution in [2.24, 2.45) is 18.7 Å². The number of aromatic nitrogens is 3. The van der Waals surface area contributed by atoms with Gasteiger partial charge in [-0.1, -0.05) is 43.9 Å². The summed E-state index contributed by atoms with van der Waals surface area (Å²) < 4.78 is 7.01. The van der Waals surface area contributed by atoms with Crippen molar-refractivity contribution in [3.8, 4) is 0 Å². The molecule has 9 nitrogen and oxygen atoms in total. The van der Waals surface area contributed by atoms with Crippen molar-refractivity contribution in [2.75, 3.05) is 17.7 Å². The molecule has 33 heavy (non-hydrogen) atoms. The zero-order chi connectivity index (χ0) is 24.0. The number of primary amides is 1. The van der Waals surface area contributed by atoms with Gasteiger partial charge in [-0.15, -0.1) is 21.5 Å². The van der Waals surface area contributed by atoms with Gasteiger partial charge < -0.3 is 20.4 Å². The van der Waals surface area contributed by atoms with Crippen LogP contribution in [0.15, 0.2) is 5.16 Å². The Kier molecular flexibility index (Phi) is 8.90. The fourth-order valence-electron chi connectivity index (χ4n) is 4.08. The van der Waals surface area contributed by atoms with E-state index in [-0.39, 0.29) is 33.7 Å². The normalized spacial score (nSPS) is 14.3. The number of anilines is 1. The fourth-order valence-corrected chi connectivity index (χ4v) is 5.87. The first-order valence-corrected chi connectivity index (χ1v) is 13.0. The van der Waals surface area contributed by atoms with Gasteiger partial charge in [0.2, 0.25) is 5.91 Å². The minimum Gasteiger partial charge on any atom is -0.462 e. The first-order valence-electron chi connectivity index (χ1n) is 11.2. The predicted molar refractivity (Wildman–Crippen MR) is 129 cm³/mol. The summed E-state index contributed by atoms with van der Waals surface area (Å²) in [7, 11) is 1.91. The molecule has 2 amide bonds. The second-order valence-electron chi connectivity index (χ2n) is 8.18. The zero-order valence-corrected chi connectivity index (χ0v) is 20.9. The summed E-state index contributed by atoms with van der Waals surface area (Å²) in [4.78, 5) is 36.9. The summed E-state index contributed by atoms with van der Waals surface area (Å²) in [6.07, 6.45) is 8.59. The first kappa shape index (κ1) is 25.2. The summed E-state index contributed by atoms with van der Waals surface area (Å²) >= 11 is 2.25. The van der Waals surface area contributed by atoms with Gasteiger partial charge in [0.25, 0.3) is 5.91 Å². The molecule has 3 N–H and O–H groups in total. The van der Waals surface area contributed by atoms with Crippen LogP contribution in [0.5, 0.6) is 0 Å². The monoisotopic (exact) mass is 493 g/mol. The van der Waals surface area contributed by atoms with Crippen molar-refractivity contribution in [1.29, 1.82) is 0 Å². The number of esters is 1. The molecule has 3 rings (SSSR count). The van der Waals surface area contributed by atoms with Gasteiger partial charge in [0.1, 0.15) is 10.8 Å². The van der Waals surface area contributed by atoms with Crippen LogP contribution >= 0.6 is 23.1 Å². The van der Waals surface area contributed by atoms with Crippen molar-refractivity contribution < 1.29 is 19.1 Å². The average Bonchev–Trinajstić information content (AvgIpc) is 3.30. The highest BCUT2D eigenvalue weighted by molar-refractivity contribution is 7.99. The summed E-state index contributed by atoms with van der Waals surface area (Å²) in [5.41, 5.74) is 5.98. The molecule has 180 valence electrons. The second-order valence-corrected chi connectivity index (χ2v) is 10.1. The Labute approximate surface area is 201 Å². The maximum absolute atomic E-state index is 12.6. The van der Waals surface area contributed by atoms with Crippen molar-refractivity contribution in [1.82, 2.24) is 14.8 Å². The third-order valence-electron chi connectivity index (χ3n) is 5.86. The maximum atomic E-state index is 12.6. The number of carbonyl (C=O) groups excluding carboxylic acids is 3. The maximum Gasteiger partial charge on any atom is 0.341 e. The summed E-state index contributed by atoms with van der Waals surface area (Å²) in [6, 6.07) is 0. The van der Waals surface area contributed by atoms with E-state index in [0.717, 1.165) is 35.9 Å². The van der Waals surface area contributed by atoms with Gasteiger partial charge in [-0.2, -0.15) is 0 Å². The number of carbonyl (C=O) groups is 3. The number of thioether (sulfide) groups is 1. The zero-order valence-electron chi connectivity index (χ0n) is 19.3. The number of aryl methyl sites for hydroxylation is 1. The number of nitrogens with one attached hydrogen (secondary N) is 1. The summed E-state index contributed by atoms with van der Waals surface area (Å²) in [5, 5.41) is 12.2. The van der Waals surface area contributed by atoms with E-state index in [9.17, 15) is 14.4 Å². The second kappa shape index (κ2) is 11.6. The quantitative estimate of drug-likeness (QED) is 0.381. The molecule has 2 heterocycles. The van der Waals surface area contributed by atoms with Gasteiger partial charge in [0, 0.05) is 13.5 Å². The lowest BCUT2D eigenvalue weighted by Gasteiger charge is -2.20. The van der Waals surface area contributed by atoms with Gasteiger partial charge in [0.15, 0.2) is 5.16 Å². The van der Waals surface area contributed by atoms with E-state index in [1.165, 1.54) is 43.9 Å². The molecule has 0 atom stereocenters. The molecule has 0 saturated heterocycles. The lowest BCUT2D eigenvalue weighted by Crippen LogP contribution is -2.17. The molecule has 1 aliphatic rings. The van der Waals surface area contributed by atoms with Crippen LogP contribution in [0.3, 0.4) is 0 Å². The largest absolute Gasteiger partial charge is 0.462 e. The fraction of sp³-hybridized carbons (Fsp3) is 0.591. The molecule has 0 aromatic carbocycles. The molecule has 2 aromatic heterocycles. The predicted octanol–water partition coefficient (Wildman–Crippen LogP) is 3.70. The van der Waals surface area contributed by atoms with E-state index in [4.69, 9.17) is 10.5 Å². The number of hydrogen-bond acceptors (Lipinski definition) is 8. The summed E-state index contributed by atoms with van der Waals surface area (Å²) in [5.74, 6) is 0.197. The van der Waals surface area contributed by atoms with Crippen LogP contribution in [0.2, 0.25) is 0 Å². The van der Waals surface area contributed by atoms with Crippen LogP contribution in [-0.4, -0.2) is 44.9 Å². The molecule has 0 aliphatic heterocycles. The third kappa shape index (κ3) is 6.35. The van der Waals surface area contributed by atoms with E-state index < -0.39 is 11.9 Å². The number of rotatable bonds is 10. The highest BCUT2D eigenvalue weighted by Crippen LogP contribution is 2.34. The Bertz CT molecular complexity index is 1010. The van der Waals surface area contributed by atoms with E-state index in [0.29, 0.717) is 10.7 Å². The Balaban J connectivity index is 1.60. The topological polar surface area (TPSA) is 129 Å². The Morgan fingerprint density at radius 1 is 1.24 bits per heavy atom. The van der Waals surface area contributed by atoms with Crippen molar-refractivity contribution >= 4 is 45.9 Å². The molecular weight excluding hydrogens is 462 g/mol. The number of nitrogens with two attached hydrogens (primary N) is 1. The van der Waals surface area contributed by atoms with Crippen LogP contribution < -0.4 is 11.1 Å². The van der Waals surface area contributed by atoms with Crippen LogP contribution in [-0.2, 0) is 23.0 Å². The standard InChI is InChI=1S/C22H31N5O4S2/c1-4-31-21(30)17-13(2)18(19(23)29)33-20(17)24-16(28)12-32-22-26-25-15(27(22)3)11-10-14-8-6-5-7-9-14/h14H,4-12H2,1-3H3,(H2,23,29)(H,24,28). The van der Waals surface area contributed by atoms with Crippen molar-refractivity contribution in [3.05, 3.63) is 21.8 Å². The number of thiophene rings is 1. The van der Waals surface area contributed by atoms with Crippen LogP contribution in [0, 0.1) is 12.8 Å². The smallest absolute Gasteiger partial charge is 0.341 e. The third-order valence-corrected chi connectivity index (χ3v) is 8.10. The van der Waals surface area contributed by atoms with Gasteiger partial charge in [-0.25, -0.2) is 4.79 Å². The van der Waals surface area contributed by atoms with Gasteiger partial charge >= 0.3 is 5.97 Å². The van der Waals surface area contributed by atoms with E-state index >= 15 is 0 Å². The van der Waals surface area contributed by atoms with E-state index in [2.05, 4.69) is 15.5 Å². The van der Waals surface area contributed by atoms with Gasteiger partial charge in [-0.05, 0) is 31.7 Å². The molecule has 0 unspecified atom stereocenters. The molecule has 1 saturated carbocycles. The Morgan fingerprint density at radius 2 is 1.97 bits per heavy atom. The van der Waals surface area contributed by atoms with Crippen LogP contribution in [0.25, 0.3) is 0 Å². The molecule has 0 radical (unpaired) electrons. The highest BCUT2D eigenvalue weighted by atomic mass is 32.2. The van der Waals surface area contributed by atoms with E-state index in [1.54, 1.807) is 13.8 Å². The van der Waals surface area contributed by atoms with Crippen molar-refractivity contribution in [2.45, 2.75) is 63.9 Å². The molecule has 1 fully saturated rings. The van der Waals surface area contributed by atoms with Crippen LogP contribution in [0.1, 0.15) is 76.9 Å². The molecule has 11 heteroatoms. The van der Waals surface area contributed by atoms with E-state index in [1.807, 2.05) is 11.6 Å². The SMILES string of the molecule is CCOC(=O)c1c(NC(=O)CSc2nnc(CCC3CCCCC3)n2C)sc(C(N)=O)c1C. The number of ether oxygens (including phenoxy) is 1. The van der Waals surface area contributed by atoms with Crippen molar-refractivity contribution in [3.63, 3.8) is 0 Å².